The summed E-state index contributed by atoms with van der Waals surface area (Å²) in [6.45, 7) is 10.9. The molecule has 2 rings (SSSR count). The van der Waals surface area contributed by atoms with E-state index in [1.54, 1.807) is 41.5 Å². The maximum absolute atomic E-state index is 13.5. The summed E-state index contributed by atoms with van der Waals surface area (Å²) in [5.41, 5.74) is 4.67. The van der Waals surface area contributed by atoms with E-state index in [4.69, 9.17) is 5.73 Å². The van der Waals surface area contributed by atoms with Gasteiger partial charge in [0.25, 0.3) is 0 Å². The monoisotopic (exact) mass is 529 g/mol. The molecule has 0 aliphatic carbocycles. The number of nitrogens with one attached hydrogen (secondary N) is 2. The van der Waals surface area contributed by atoms with Gasteiger partial charge in [0.05, 0.1) is 6.54 Å². The second kappa shape index (κ2) is 11.0. The van der Waals surface area contributed by atoms with Crippen LogP contribution in [0.25, 0.3) is 0 Å². The lowest BCUT2D eigenvalue weighted by molar-refractivity contribution is -0.143. The van der Waals surface area contributed by atoms with Gasteiger partial charge in [-0.1, -0.05) is 71.9 Å². The van der Waals surface area contributed by atoms with E-state index in [-0.39, 0.29) is 28.6 Å². The van der Waals surface area contributed by atoms with Crippen molar-refractivity contribution in [3.63, 3.8) is 0 Å². The summed E-state index contributed by atoms with van der Waals surface area (Å²) in [6, 6.07) is 9.10. The summed E-state index contributed by atoms with van der Waals surface area (Å²) < 4.78 is 28.1. The Hall–Kier alpha value is -1.60. The normalized spacial score (nSPS) is 19.1. The Kier molecular flexibility index (Phi) is 9.25. The van der Waals surface area contributed by atoms with Gasteiger partial charge < -0.3 is 11.1 Å². The lowest BCUT2D eigenvalue weighted by Crippen LogP contribution is -2.52. The molecule has 1 aromatic carbocycles. The van der Waals surface area contributed by atoms with Crippen LogP contribution < -0.4 is 15.8 Å². The summed E-state index contributed by atoms with van der Waals surface area (Å²) in [7, 11) is -3.67. The van der Waals surface area contributed by atoms with Gasteiger partial charge in [0.15, 0.2) is 10.0 Å². The van der Waals surface area contributed by atoms with Crippen molar-refractivity contribution in [2.24, 2.45) is 21.7 Å². The fraction of sp³-hybridized carbons (Fsp3) is 0.591. The molecule has 0 bridgehead atoms. The van der Waals surface area contributed by atoms with E-state index in [2.05, 4.69) is 15.1 Å². The topological polar surface area (TPSA) is 134 Å². The number of amides is 2. The van der Waals surface area contributed by atoms with E-state index < -0.39 is 25.7 Å². The fourth-order valence-corrected chi connectivity index (χ4v) is 6.42. The Morgan fingerprint density at radius 2 is 1.74 bits per heavy atom. The lowest BCUT2D eigenvalue weighted by atomic mass is 9.93. The first-order chi connectivity index (χ1) is 15.6. The summed E-state index contributed by atoms with van der Waals surface area (Å²) in [5.74, 6) is -0.0506. The number of rotatable bonds is 8. The summed E-state index contributed by atoms with van der Waals surface area (Å²) in [5, 5.41) is 8.68. The molecule has 1 unspecified atom stereocenters. The largest absolute Gasteiger partial charge is 0.330 e. The number of carbonyl (C=O) groups is 2. The van der Waals surface area contributed by atoms with Gasteiger partial charge in [-0.25, -0.2) is 18.1 Å². The van der Waals surface area contributed by atoms with E-state index in [1.807, 2.05) is 30.3 Å². The zero-order valence-corrected chi connectivity index (χ0v) is 23.0. The molecular weight excluding hydrogens is 494 g/mol. The van der Waals surface area contributed by atoms with Crippen LogP contribution in [0.5, 0.6) is 0 Å². The maximum atomic E-state index is 13.5. The number of carbonyl (C=O) groups excluding carboxylic acids is 2. The van der Waals surface area contributed by atoms with E-state index in [0.29, 0.717) is 17.9 Å². The van der Waals surface area contributed by atoms with Crippen LogP contribution in [0.4, 0.5) is 0 Å². The molecule has 0 spiro atoms. The molecule has 1 heterocycles. The van der Waals surface area contributed by atoms with E-state index in [1.165, 1.54) is 16.8 Å². The third kappa shape index (κ3) is 7.20. The molecule has 0 radical (unpaired) electrons. The first-order valence-corrected chi connectivity index (χ1v) is 14.5. The highest BCUT2D eigenvalue weighted by molar-refractivity contribution is 8.15. The maximum Gasteiger partial charge on any atom is 0.249 e. The molecule has 34 heavy (non-hydrogen) atoms. The number of nitrogens with two attached hydrogens (primary N) is 1. The van der Waals surface area contributed by atoms with Gasteiger partial charge in [0, 0.05) is 23.1 Å². The molecule has 9 nitrogen and oxygen atoms in total. The molecule has 1 aliphatic rings. The second-order valence-corrected chi connectivity index (χ2v) is 14.5. The Labute approximate surface area is 211 Å². The van der Waals surface area contributed by atoms with Crippen molar-refractivity contribution < 1.29 is 18.0 Å². The molecule has 0 aromatic heterocycles. The highest BCUT2D eigenvalue weighted by Crippen LogP contribution is 2.47. The van der Waals surface area contributed by atoms with Crippen LogP contribution in [0.1, 0.15) is 47.1 Å². The van der Waals surface area contributed by atoms with Crippen LogP contribution in [0.15, 0.2) is 35.4 Å². The highest BCUT2D eigenvalue weighted by atomic mass is 32.3. The van der Waals surface area contributed by atoms with Crippen LogP contribution in [0.3, 0.4) is 0 Å². The molecule has 1 aliphatic heterocycles. The van der Waals surface area contributed by atoms with Crippen LogP contribution in [-0.4, -0.2) is 54.3 Å². The van der Waals surface area contributed by atoms with Gasteiger partial charge in [0.1, 0.15) is 5.08 Å². The van der Waals surface area contributed by atoms with Gasteiger partial charge in [-0.3, -0.25) is 9.59 Å². The van der Waals surface area contributed by atoms with Crippen LogP contribution in [0, 0.1) is 10.8 Å². The van der Waals surface area contributed by atoms with Gasteiger partial charge >= 0.3 is 0 Å². The quantitative estimate of drug-likeness (QED) is 0.441. The molecule has 1 aromatic rings. The molecule has 190 valence electrons. The molecule has 12 heteroatoms. The van der Waals surface area contributed by atoms with Gasteiger partial charge in [0.2, 0.25) is 21.8 Å². The van der Waals surface area contributed by atoms with E-state index in [0.717, 1.165) is 11.8 Å². The van der Waals surface area contributed by atoms with E-state index >= 15 is 0 Å². The van der Waals surface area contributed by atoms with Crippen molar-refractivity contribution in [3.8, 4) is 0 Å². The molecule has 1 atom stereocenters. The lowest BCUT2D eigenvalue weighted by Gasteiger charge is -2.38. The smallest absolute Gasteiger partial charge is 0.249 e. The third-order valence-electron chi connectivity index (χ3n) is 4.79. The SMILES string of the molecule is CC(C)(C)C(=O)NC1=NN(C(=O)C(C)(C)C)C(CNS(=O)(=O)CSCCN)(c2ccccc2)S1. The number of amidine groups is 1. The zero-order valence-electron chi connectivity index (χ0n) is 20.5. The van der Waals surface area contributed by atoms with Crippen molar-refractivity contribution in [3.05, 3.63) is 35.9 Å². The summed E-state index contributed by atoms with van der Waals surface area (Å²) in [6.07, 6.45) is 0. The summed E-state index contributed by atoms with van der Waals surface area (Å²) >= 11 is 2.36. The second-order valence-electron chi connectivity index (χ2n) is 9.98. The third-order valence-corrected chi connectivity index (χ3v) is 9.08. The van der Waals surface area contributed by atoms with Crippen molar-refractivity contribution in [1.29, 1.82) is 0 Å². The molecule has 2 amide bonds. The van der Waals surface area contributed by atoms with Crippen molar-refractivity contribution in [1.82, 2.24) is 15.0 Å². The number of hydrogen-bond donors (Lipinski definition) is 3. The Morgan fingerprint density at radius 3 is 2.26 bits per heavy atom. The van der Waals surface area contributed by atoms with E-state index in [9.17, 15) is 18.0 Å². The molecular formula is C22H35N5O4S3. The molecule has 0 fully saturated rings. The number of thioether (sulfide) groups is 2. The Bertz CT molecular complexity index is 1020. The summed E-state index contributed by atoms with van der Waals surface area (Å²) in [4.78, 5) is 25.0. The number of benzene rings is 1. The van der Waals surface area contributed by atoms with Crippen LogP contribution >= 0.6 is 23.5 Å². The van der Waals surface area contributed by atoms with Gasteiger partial charge in [-0.05, 0) is 17.3 Å². The number of sulfonamides is 1. The van der Waals surface area contributed by atoms with Crippen LogP contribution in [0.2, 0.25) is 0 Å². The minimum absolute atomic E-state index is 0.132. The first kappa shape index (κ1) is 28.6. The highest BCUT2D eigenvalue weighted by Gasteiger charge is 2.51. The number of hydrogen-bond acceptors (Lipinski definition) is 8. The number of nitrogens with zero attached hydrogens (tertiary/aromatic N) is 2. The zero-order chi connectivity index (χ0) is 25.8. The minimum atomic E-state index is -3.67. The standard InChI is InChI=1S/C22H35N5O4S3/c1-20(2,3)17(28)25-19-26-27(18(29)21(4,5)6)22(33-19,16-10-8-7-9-11-16)14-24-34(30,31)15-32-13-12-23/h7-11,24H,12-15,23H2,1-6H3,(H,25,26,28). The Balaban J connectivity index is 2.51. The first-order valence-electron chi connectivity index (χ1n) is 10.9. The molecule has 0 saturated heterocycles. The van der Waals surface area contributed by atoms with Gasteiger partial charge in [-0.2, -0.15) is 0 Å². The minimum Gasteiger partial charge on any atom is -0.330 e. The Morgan fingerprint density at radius 1 is 1.12 bits per heavy atom. The predicted octanol–water partition coefficient (Wildman–Crippen LogP) is 2.46. The van der Waals surface area contributed by atoms with Crippen LogP contribution in [-0.2, 0) is 24.5 Å². The molecule has 0 saturated carbocycles. The fourth-order valence-electron chi connectivity index (χ4n) is 2.85. The van der Waals surface area contributed by atoms with Gasteiger partial charge in [-0.15, -0.1) is 16.9 Å². The average Bonchev–Trinajstić information content (AvgIpc) is 3.10. The molecule has 4 N–H and O–H groups in total. The van der Waals surface area contributed by atoms with Crippen molar-refractivity contribution in [2.75, 3.05) is 23.9 Å². The van der Waals surface area contributed by atoms with Crippen molar-refractivity contribution >= 4 is 50.5 Å². The predicted molar refractivity (Wildman–Crippen MR) is 140 cm³/mol. The number of hydrazone groups is 1. The average molecular weight is 530 g/mol. The van der Waals surface area contributed by atoms with Crippen molar-refractivity contribution in [2.45, 2.75) is 46.4 Å².